The SMILES string of the molecule is CN(C)c1ccc(-c2cc(C3CN4CCC3CC4CNC(=O)c3ccco3)n(C)n2)cc1. The second-order valence-corrected chi connectivity index (χ2v) is 9.25. The summed E-state index contributed by atoms with van der Waals surface area (Å²) in [5.74, 6) is 1.34. The van der Waals surface area contributed by atoms with Crippen molar-refractivity contribution in [2.75, 3.05) is 38.6 Å². The van der Waals surface area contributed by atoms with Gasteiger partial charge in [0.05, 0.1) is 12.0 Å². The fourth-order valence-electron chi connectivity index (χ4n) is 5.29. The van der Waals surface area contributed by atoms with Crippen molar-refractivity contribution in [3.63, 3.8) is 0 Å². The lowest BCUT2D eigenvalue weighted by Crippen LogP contribution is -2.56. The number of piperidine rings is 3. The van der Waals surface area contributed by atoms with Crippen LogP contribution in [-0.2, 0) is 7.05 Å². The summed E-state index contributed by atoms with van der Waals surface area (Å²) in [5.41, 5.74) is 4.68. The van der Waals surface area contributed by atoms with Crippen molar-refractivity contribution in [3.8, 4) is 11.3 Å². The number of rotatable bonds is 6. The Bertz CT molecular complexity index is 1070. The van der Waals surface area contributed by atoms with Gasteiger partial charge in [0, 0.05) is 63.1 Å². The van der Waals surface area contributed by atoms with Gasteiger partial charge in [-0.3, -0.25) is 14.4 Å². The van der Waals surface area contributed by atoms with Gasteiger partial charge in [-0.25, -0.2) is 0 Å². The van der Waals surface area contributed by atoms with E-state index >= 15 is 0 Å². The molecule has 3 saturated heterocycles. The van der Waals surface area contributed by atoms with Crippen LogP contribution >= 0.6 is 0 Å². The van der Waals surface area contributed by atoms with Crippen LogP contribution in [0.5, 0.6) is 0 Å². The van der Waals surface area contributed by atoms with Crippen LogP contribution in [0.15, 0.2) is 53.1 Å². The third-order valence-corrected chi connectivity index (χ3v) is 7.10. The lowest BCUT2D eigenvalue weighted by molar-refractivity contribution is 0.0278. The maximum Gasteiger partial charge on any atom is 0.287 e. The molecule has 2 bridgehead atoms. The third kappa shape index (κ3) is 3.93. The maximum atomic E-state index is 12.2. The molecule has 3 aromatic rings. The summed E-state index contributed by atoms with van der Waals surface area (Å²) < 4.78 is 7.27. The summed E-state index contributed by atoms with van der Waals surface area (Å²) in [5, 5.41) is 7.89. The van der Waals surface area contributed by atoms with Gasteiger partial charge in [0.25, 0.3) is 5.91 Å². The second kappa shape index (κ2) is 8.47. The van der Waals surface area contributed by atoms with Crippen LogP contribution in [0.25, 0.3) is 11.3 Å². The van der Waals surface area contributed by atoms with E-state index in [2.05, 4.69) is 71.3 Å². The highest BCUT2D eigenvalue weighted by Crippen LogP contribution is 2.42. The first-order chi connectivity index (χ1) is 15.5. The highest BCUT2D eigenvalue weighted by molar-refractivity contribution is 5.91. The number of fused-ring (bicyclic) bond motifs is 3. The van der Waals surface area contributed by atoms with E-state index in [-0.39, 0.29) is 5.91 Å². The van der Waals surface area contributed by atoms with Crippen molar-refractivity contribution in [1.29, 1.82) is 0 Å². The molecule has 7 heteroatoms. The molecule has 2 aromatic heterocycles. The second-order valence-electron chi connectivity index (χ2n) is 9.25. The molecule has 0 aliphatic carbocycles. The normalized spacial score (nSPS) is 24.5. The number of furan rings is 1. The molecule has 4 unspecified atom stereocenters. The van der Waals surface area contributed by atoms with Crippen LogP contribution in [0.2, 0.25) is 0 Å². The molecule has 0 radical (unpaired) electrons. The Hall–Kier alpha value is -3.06. The predicted octanol–water partition coefficient (Wildman–Crippen LogP) is 3.35. The van der Waals surface area contributed by atoms with E-state index in [0.29, 0.717) is 30.2 Å². The van der Waals surface area contributed by atoms with Crippen molar-refractivity contribution in [2.24, 2.45) is 13.0 Å². The molecular formula is C25H31N5O2. The number of hydrogen-bond acceptors (Lipinski definition) is 5. The van der Waals surface area contributed by atoms with Crippen LogP contribution < -0.4 is 10.2 Å². The molecule has 3 aliphatic heterocycles. The number of amides is 1. The molecular weight excluding hydrogens is 402 g/mol. The van der Waals surface area contributed by atoms with Gasteiger partial charge in [0.1, 0.15) is 0 Å². The van der Waals surface area contributed by atoms with Gasteiger partial charge in [0.2, 0.25) is 0 Å². The average molecular weight is 434 g/mol. The molecule has 4 atom stereocenters. The zero-order valence-corrected chi connectivity index (χ0v) is 19.0. The molecule has 1 amide bonds. The van der Waals surface area contributed by atoms with Crippen LogP contribution in [-0.4, -0.2) is 60.4 Å². The Morgan fingerprint density at radius 1 is 1.25 bits per heavy atom. The summed E-state index contributed by atoms with van der Waals surface area (Å²) in [7, 11) is 6.17. The van der Waals surface area contributed by atoms with Crippen LogP contribution in [0.1, 0.15) is 35.0 Å². The molecule has 1 N–H and O–H groups in total. The zero-order chi connectivity index (χ0) is 22.2. The van der Waals surface area contributed by atoms with E-state index in [1.54, 1.807) is 12.1 Å². The van der Waals surface area contributed by atoms with Gasteiger partial charge in [-0.15, -0.1) is 0 Å². The smallest absolute Gasteiger partial charge is 0.287 e. The molecule has 7 nitrogen and oxygen atoms in total. The standard InChI is InChI=1S/C25H31N5O2/c1-28(2)19-8-6-17(7-9-19)22-14-23(29(3)27-22)21-16-30-11-10-18(21)13-20(30)15-26-25(31)24-5-4-12-32-24/h4-9,12,14,18,20-21H,10-11,13,15-16H2,1-3H3,(H,26,31). The zero-order valence-electron chi connectivity index (χ0n) is 19.0. The van der Waals surface area contributed by atoms with E-state index < -0.39 is 0 Å². The molecule has 0 spiro atoms. The number of aromatic nitrogens is 2. The molecule has 6 rings (SSSR count). The topological polar surface area (TPSA) is 66.5 Å². The highest BCUT2D eigenvalue weighted by atomic mass is 16.3. The van der Waals surface area contributed by atoms with E-state index in [4.69, 9.17) is 9.52 Å². The Morgan fingerprint density at radius 2 is 2.06 bits per heavy atom. The minimum absolute atomic E-state index is 0.134. The van der Waals surface area contributed by atoms with E-state index in [9.17, 15) is 4.79 Å². The molecule has 3 aliphatic rings. The Labute approximate surface area is 189 Å². The lowest BCUT2D eigenvalue weighted by atomic mass is 9.74. The number of carbonyl (C=O) groups is 1. The molecule has 1 aromatic carbocycles. The monoisotopic (exact) mass is 433 g/mol. The maximum absolute atomic E-state index is 12.2. The summed E-state index contributed by atoms with van der Waals surface area (Å²) in [6.45, 7) is 2.78. The van der Waals surface area contributed by atoms with Crippen molar-refractivity contribution in [3.05, 3.63) is 60.2 Å². The van der Waals surface area contributed by atoms with Gasteiger partial charge in [-0.2, -0.15) is 5.10 Å². The fraction of sp³-hybridized carbons (Fsp3) is 0.440. The Balaban J connectivity index is 1.26. The van der Waals surface area contributed by atoms with Crippen molar-refractivity contribution in [2.45, 2.75) is 24.8 Å². The first-order valence-electron chi connectivity index (χ1n) is 11.4. The van der Waals surface area contributed by atoms with Gasteiger partial charge >= 0.3 is 0 Å². The largest absolute Gasteiger partial charge is 0.459 e. The lowest BCUT2D eigenvalue weighted by Gasteiger charge is -2.49. The quantitative estimate of drug-likeness (QED) is 0.646. The summed E-state index contributed by atoms with van der Waals surface area (Å²) in [4.78, 5) is 16.9. The first-order valence-corrected chi connectivity index (χ1v) is 11.4. The van der Waals surface area contributed by atoms with Crippen molar-refractivity contribution in [1.82, 2.24) is 20.0 Å². The van der Waals surface area contributed by atoms with E-state index in [1.165, 1.54) is 24.1 Å². The minimum atomic E-state index is -0.134. The molecule has 3 fully saturated rings. The number of nitrogens with one attached hydrogen (secondary N) is 1. The first kappa shape index (κ1) is 20.8. The fourth-order valence-corrected chi connectivity index (χ4v) is 5.29. The number of carbonyl (C=O) groups excluding carboxylic acids is 1. The van der Waals surface area contributed by atoms with Gasteiger partial charge < -0.3 is 14.6 Å². The number of aryl methyl sites for hydroxylation is 1. The van der Waals surface area contributed by atoms with Crippen LogP contribution in [0.3, 0.4) is 0 Å². The molecule has 32 heavy (non-hydrogen) atoms. The van der Waals surface area contributed by atoms with Gasteiger partial charge in [-0.1, -0.05) is 12.1 Å². The predicted molar refractivity (Wildman–Crippen MR) is 125 cm³/mol. The van der Waals surface area contributed by atoms with Crippen LogP contribution in [0.4, 0.5) is 5.69 Å². The summed E-state index contributed by atoms with van der Waals surface area (Å²) >= 11 is 0. The average Bonchev–Trinajstić information content (AvgIpc) is 3.48. The summed E-state index contributed by atoms with van der Waals surface area (Å²) in [6, 6.07) is 14.7. The highest BCUT2D eigenvalue weighted by Gasteiger charge is 2.41. The number of hydrogen-bond donors (Lipinski definition) is 1. The Morgan fingerprint density at radius 3 is 2.72 bits per heavy atom. The van der Waals surface area contributed by atoms with Gasteiger partial charge in [0.15, 0.2) is 5.76 Å². The Kier molecular flexibility index (Phi) is 5.51. The molecule has 168 valence electrons. The third-order valence-electron chi connectivity index (χ3n) is 7.10. The van der Waals surface area contributed by atoms with Crippen molar-refractivity contribution < 1.29 is 9.21 Å². The van der Waals surface area contributed by atoms with Gasteiger partial charge in [-0.05, 0) is 55.6 Å². The van der Waals surface area contributed by atoms with Crippen molar-refractivity contribution >= 4 is 11.6 Å². The number of benzene rings is 1. The van der Waals surface area contributed by atoms with E-state index in [1.807, 2.05) is 0 Å². The molecule has 5 heterocycles. The number of nitrogens with zero attached hydrogens (tertiary/aromatic N) is 4. The van der Waals surface area contributed by atoms with E-state index in [0.717, 1.165) is 30.8 Å². The van der Waals surface area contributed by atoms with Crippen LogP contribution in [0, 0.1) is 5.92 Å². The summed E-state index contributed by atoms with van der Waals surface area (Å²) in [6.07, 6.45) is 3.83. The number of anilines is 1. The molecule has 0 saturated carbocycles. The minimum Gasteiger partial charge on any atom is -0.459 e.